The summed E-state index contributed by atoms with van der Waals surface area (Å²) in [6.07, 6.45) is 1.46. The molecule has 5 heteroatoms. The summed E-state index contributed by atoms with van der Waals surface area (Å²) >= 11 is 0. The average molecular weight is 295 g/mol. The van der Waals surface area contributed by atoms with Gasteiger partial charge in [0.2, 0.25) is 5.91 Å². The molecule has 1 saturated heterocycles. The molecule has 22 heavy (non-hydrogen) atoms. The van der Waals surface area contributed by atoms with E-state index in [1.54, 1.807) is 23.1 Å². The summed E-state index contributed by atoms with van der Waals surface area (Å²) in [7, 11) is 0. The van der Waals surface area contributed by atoms with Crippen LogP contribution < -0.4 is 10.2 Å². The Labute approximate surface area is 129 Å². The smallest absolute Gasteiger partial charge is 0.274 e. The van der Waals surface area contributed by atoms with Crippen molar-refractivity contribution in [2.24, 2.45) is 0 Å². The van der Waals surface area contributed by atoms with E-state index >= 15 is 0 Å². The lowest BCUT2D eigenvalue weighted by atomic mass is 10.2. The van der Waals surface area contributed by atoms with Crippen molar-refractivity contribution in [3.63, 3.8) is 0 Å². The summed E-state index contributed by atoms with van der Waals surface area (Å²) in [4.78, 5) is 30.0. The Morgan fingerprint density at radius 3 is 2.77 bits per heavy atom. The van der Waals surface area contributed by atoms with Gasteiger partial charge in [-0.3, -0.25) is 9.59 Å². The molecular weight excluding hydrogens is 278 g/mol. The number of carbonyl (C=O) groups is 2. The Kier molecular flexibility index (Phi) is 3.87. The molecule has 1 fully saturated rings. The largest absolute Gasteiger partial charge is 0.321 e. The van der Waals surface area contributed by atoms with Crippen LogP contribution in [-0.2, 0) is 4.79 Å². The maximum Gasteiger partial charge on any atom is 0.274 e. The van der Waals surface area contributed by atoms with Crippen LogP contribution in [0, 0.1) is 6.92 Å². The summed E-state index contributed by atoms with van der Waals surface area (Å²) in [5.41, 5.74) is 2.65. The highest BCUT2D eigenvalue weighted by Crippen LogP contribution is 2.24. The summed E-state index contributed by atoms with van der Waals surface area (Å²) in [5.74, 6) is -0.127. The molecule has 112 valence electrons. The topological polar surface area (TPSA) is 62.3 Å². The van der Waals surface area contributed by atoms with Gasteiger partial charge < -0.3 is 10.2 Å². The summed E-state index contributed by atoms with van der Waals surface area (Å²) in [6.45, 7) is 2.58. The number of nitrogens with one attached hydrogen (secondary N) is 1. The van der Waals surface area contributed by atoms with Gasteiger partial charge in [0.05, 0.1) is 0 Å². The van der Waals surface area contributed by atoms with Gasteiger partial charge in [-0.05, 0) is 43.7 Å². The lowest BCUT2D eigenvalue weighted by Gasteiger charge is -2.16. The molecule has 0 atom stereocenters. The van der Waals surface area contributed by atoms with Gasteiger partial charge in [-0.25, -0.2) is 4.98 Å². The molecule has 2 amide bonds. The van der Waals surface area contributed by atoms with Gasteiger partial charge in [-0.1, -0.05) is 12.1 Å². The number of benzene rings is 1. The van der Waals surface area contributed by atoms with Gasteiger partial charge in [-0.15, -0.1) is 0 Å². The van der Waals surface area contributed by atoms with Crippen molar-refractivity contribution < 1.29 is 9.59 Å². The quantitative estimate of drug-likeness (QED) is 0.947. The maximum atomic E-state index is 12.2. The number of carbonyl (C=O) groups excluding carboxylic acids is 2. The van der Waals surface area contributed by atoms with Crippen molar-refractivity contribution in [3.8, 4) is 0 Å². The first-order valence-electron chi connectivity index (χ1n) is 7.29. The van der Waals surface area contributed by atoms with Gasteiger partial charge in [0.15, 0.2) is 0 Å². The number of anilines is 2. The summed E-state index contributed by atoms with van der Waals surface area (Å²) in [6, 6.07) is 12.7. The molecule has 2 heterocycles. The van der Waals surface area contributed by atoms with Crippen LogP contribution >= 0.6 is 0 Å². The predicted octanol–water partition coefficient (Wildman–Crippen LogP) is 2.77. The van der Waals surface area contributed by atoms with Crippen molar-refractivity contribution in [2.75, 3.05) is 16.8 Å². The minimum atomic E-state index is -0.256. The zero-order valence-corrected chi connectivity index (χ0v) is 12.4. The molecule has 1 aliphatic rings. The van der Waals surface area contributed by atoms with Crippen molar-refractivity contribution in [1.29, 1.82) is 0 Å². The van der Waals surface area contributed by atoms with E-state index in [4.69, 9.17) is 0 Å². The van der Waals surface area contributed by atoms with Crippen LogP contribution in [0.5, 0.6) is 0 Å². The molecule has 1 aromatic heterocycles. The fourth-order valence-electron chi connectivity index (χ4n) is 2.54. The van der Waals surface area contributed by atoms with E-state index < -0.39 is 0 Å². The van der Waals surface area contributed by atoms with E-state index in [0.29, 0.717) is 17.8 Å². The molecule has 1 aliphatic heterocycles. The average Bonchev–Trinajstić information content (AvgIpc) is 2.94. The van der Waals surface area contributed by atoms with Gasteiger partial charge in [0.25, 0.3) is 5.91 Å². The third kappa shape index (κ3) is 2.98. The van der Waals surface area contributed by atoms with Crippen LogP contribution in [0.3, 0.4) is 0 Å². The van der Waals surface area contributed by atoms with Crippen LogP contribution in [-0.4, -0.2) is 23.3 Å². The van der Waals surface area contributed by atoms with Gasteiger partial charge in [-0.2, -0.15) is 0 Å². The number of aryl methyl sites for hydroxylation is 1. The Bertz CT molecular complexity index is 727. The summed E-state index contributed by atoms with van der Waals surface area (Å²) in [5, 5.41) is 2.82. The second kappa shape index (κ2) is 5.97. The second-order valence-corrected chi connectivity index (χ2v) is 5.32. The Balaban J connectivity index is 1.78. The van der Waals surface area contributed by atoms with Crippen LogP contribution in [0.1, 0.15) is 29.0 Å². The normalized spacial score (nSPS) is 14.2. The molecule has 2 aromatic rings. The molecule has 5 nitrogen and oxygen atoms in total. The van der Waals surface area contributed by atoms with Crippen molar-refractivity contribution in [2.45, 2.75) is 19.8 Å². The third-order valence-electron chi connectivity index (χ3n) is 3.61. The van der Waals surface area contributed by atoms with E-state index in [9.17, 15) is 9.59 Å². The number of aromatic nitrogens is 1. The lowest BCUT2D eigenvalue weighted by molar-refractivity contribution is -0.117. The lowest BCUT2D eigenvalue weighted by Crippen LogP contribution is -2.23. The Morgan fingerprint density at radius 2 is 2.05 bits per heavy atom. The molecule has 0 bridgehead atoms. The highest BCUT2D eigenvalue weighted by Gasteiger charge is 2.21. The van der Waals surface area contributed by atoms with E-state index in [2.05, 4.69) is 10.3 Å². The number of rotatable bonds is 3. The fourth-order valence-corrected chi connectivity index (χ4v) is 2.54. The SMILES string of the molecule is Cc1cccc(C(=O)Nc2cccc(N3CCCC3=O)c2)n1. The van der Waals surface area contributed by atoms with Crippen LogP contribution in [0.2, 0.25) is 0 Å². The molecule has 0 saturated carbocycles. The Hall–Kier alpha value is -2.69. The van der Waals surface area contributed by atoms with Crippen LogP contribution in [0.4, 0.5) is 11.4 Å². The minimum Gasteiger partial charge on any atom is -0.321 e. The predicted molar refractivity (Wildman–Crippen MR) is 85.0 cm³/mol. The van der Waals surface area contributed by atoms with E-state index in [0.717, 1.165) is 24.3 Å². The highest BCUT2D eigenvalue weighted by atomic mass is 16.2. The molecule has 1 aromatic carbocycles. The van der Waals surface area contributed by atoms with Crippen molar-refractivity contribution in [3.05, 3.63) is 53.9 Å². The number of hydrogen-bond donors (Lipinski definition) is 1. The number of pyridine rings is 1. The highest BCUT2D eigenvalue weighted by molar-refractivity contribution is 6.03. The standard InChI is InChI=1S/C17H17N3O2/c1-12-5-2-8-15(18-12)17(22)19-13-6-3-7-14(11-13)20-10-4-9-16(20)21/h2-3,5-8,11H,4,9-10H2,1H3,(H,19,22). The van der Waals surface area contributed by atoms with Gasteiger partial charge >= 0.3 is 0 Å². The van der Waals surface area contributed by atoms with E-state index in [-0.39, 0.29) is 11.8 Å². The molecular formula is C17H17N3O2. The molecule has 3 rings (SSSR count). The monoisotopic (exact) mass is 295 g/mol. The van der Waals surface area contributed by atoms with Crippen molar-refractivity contribution in [1.82, 2.24) is 4.98 Å². The fraction of sp³-hybridized carbons (Fsp3) is 0.235. The molecule has 0 spiro atoms. The number of amides is 2. The second-order valence-electron chi connectivity index (χ2n) is 5.32. The first-order chi connectivity index (χ1) is 10.6. The third-order valence-corrected chi connectivity index (χ3v) is 3.61. The maximum absolute atomic E-state index is 12.2. The number of nitrogens with zero attached hydrogens (tertiary/aromatic N) is 2. The first kappa shape index (κ1) is 14.3. The van der Waals surface area contributed by atoms with Gasteiger partial charge in [0, 0.05) is 30.0 Å². The van der Waals surface area contributed by atoms with Gasteiger partial charge in [0.1, 0.15) is 5.69 Å². The summed E-state index contributed by atoms with van der Waals surface area (Å²) < 4.78 is 0. The van der Waals surface area contributed by atoms with Crippen LogP contribution in [0.15, 0.2) is 42.5 Å². The molecule has 0 radical (unpaired) electrons. The molecule has 0 aliphatic carbocycles. The van der Waals surface area contributed by atoms with E-state index in [1.807, 2.05) is 31.2 Å². The molecule has 1 N–H and O–H groups in total. The molecule has 0 unspecified atom stereocenters. The first-order valence-corrected chi connectivity index (χ1v) is 7.29. The van der Waals surface area contributed by atoms with E-state index in [1.165, 1.54) is 0 Å². The zero-order valence-electron chi connectivity index (χ0n) is 12.4. The van der Waals surface area contributed by atoms with Crippen LogP contribution in [0.25, 0.3) is 0 Å². The zero-order chi connectivity index (χ0) is 15.5. The number of hydrogen-bond acceptors (Lipinski definition) is 3. The minimum absolute atomic E-state index is 0.129. The Morgan fingerprint density at radius 1 is 1.23 bits per heavy atom. The van der Waals surface area contributed by atoms with Crippen molar-refractivity contribution >= 4 is 23.2 Å².